The highest BCUT2D eigenvalue weighted by Gasteiger charge is 2.10. The van der Waals surface area contributed by atoms with Gasteiger partial charge in [-0.1, -0.05) is 0 Å². The molecule has 0 aliphatic rings. The van der Waals surface area contributed by atoms with E-state index in [1.165, 1.54) is 0 Å². The van der Waals surface area contributed by atoms with Gasteiger partial charge in [-0.15, -0.1) is 5.10 Å². The van der Waals surface area contributed by atoms with Crippen LogP contribution in [0.3, 0.4) is 0 Å². The topological polar surface area (TPSA) is 92.0 Å². The first-order valence-corrected chi connectivity index (χ1v) is 6.11. The number of hydrogen-bond acceptors (Lipinski definition) is 6. The predicted octanol–water partition coefficient (Wildman–Crippen LogP) is 1.59. The first-order chi connectivity index (χ1) is 9.83. The zero-order valence-electron chi connectivity index (χ0n) is 10.6. The van der Waals surface area contributed by atoms with Crippen LogP contribution < -0.4 is 10.5 Å². The van der Waals surface area contributed by atoms with Gasteiger partial charge in [0.2, 0.25) is 5.82 Å². The smallest absolute Gasteiger partial charge is 0.217 e. The van der Waals surface area contributed by atoms with Gasteiger partial charge in [-0.05, 0) is 46.8 Å². The van der Waals surface area contributed by atoms with Crippen molar-refractivity contribution < 1.29 is 9.15 Å². The van der Waals surface area contributed by atoms with Crippen LogP contribution in [0, 0.1) is 0 Å². The zero-order chi connectivity index (χ0) is 13.8. The molecular weight excluding hydrogens is 258 g/mol. The van der Waals surface area contributed by atoms with Crippen LogP contribution in [-0.4, -0.2) is 26.8 Å². The summed E-state index contributed by atoms with van der Waals surface area (Å²) in [6.45, 7) is 0.968. The number of aromatic nitrogens is 4. The maximum Gasteiger partial charge on any atom is 0.217 e. The Balaban J connectivity index is 1.62. The lowest BCUT2D eigenvalue weighted by Gasteiger charge is -2.06. The number of tetrazole rings is 1. The van der Waals surface area contributed by atoms with Gasteiger partial charge < -0.3 is 14.9 Å². The van der Waals surface area contributed by atoms with Crippen LogP contribution in [0.5, 0.6) is 5.75 Å². The van der Waals surface area contributed by atoms with Gasteiger partial charge in [0, 0.05) is 5.69 Å². The number of nitrogen functional groups attached to an aromatic ring is 1. The molecule has 7 nitrogen and oxygen atoms in total. The Hall–Kier alpha value is -2.83. The van der Waals surface area contributed by atoms with E-state index in [9.17, 15) is 0 Å². The lowest BCUT2D eigenvalue weighted by molar-refractivity contribution is 0.290. The number of hydrogen-bond donors (Lipinski definition) is 1. The molecule has 0 saturated heterocycles. The molecule has 0 amide bonds. The standard InChI is InChI=1S/C13H13N5O2/c14-10-3-5-11(6-4-10)19-9-7-18-13(15-16-17-18)12-2-1-8-20-12/h1-6,8H,7,9,14H2. The summed E-state index contributed by atoms with van der Waals surface area (Å²) >= 11 is 0. The van der Waals surface area contributed by atoms with E-state index in [0.717, 1.165) is 5.75 Å². The van der Waals surface area contributed by atoms with Gasteiger partial charge in [-0.2, -0.15) is 0 Å². The second-order valence-corrected chi connectivity index (χ2v) is 4.12. The second kappa shape index (κ2) is 5.43. The van der Waals surface area contributed by atoms with Crippen molar-refractivity contribution in [3.63, 3.8) is 0 Å². The average molecular weight is 271 g/mol. The van der Waals surface area contributed by atoms with Crippen molar-refractivity contribution in [2.45, 2.75) is 6.54 Å². The molecule has 1 aromatic carbocycles. The van der Waals surface area contributed by atoms with Crippen molar-refractivity contribution in [1.82, 2.24) is 20.2 Å². The first kappa shape index (κ1) is 12.2. The van der Waals surface area contributed by atoms with Crippen LogP contribution in [-0.2, 0) is 6.54 Å². The van der Waals surface area contributed by atoms with Gasteiger partial charge in [-0.3, -0.25) is 0 Å². The SMILES string of the molecule is Nc1ccc(OCCn2nnnc2-c2ccco2)cc1. The third kappa shape index (κ3) is 2.61. The van der Waals surface area contributed by atoms with Crippen molar-refractivity contribution in [1.29, 1.82) is 0 Å². The van der Waals surface area contributed by atoms with Gasteiger partial charge >= 0.3 is 0 Å². The van der Waals surface area contributed by atoms with Crippen molar-refractivity contribution in [3.05, 3.63) is 42.7 Å². The van der Waals surface area contributed by atoms with Crippen molar-refractivity contribution in [2.75, 3.05) is 12.3 Å². The van der Waals surface area contributed by atoms with E-state index >= 15 is 0 Å². The van der Waals surface area contributed by atoms with Crippen LogP contribution in [0.15, 0.2) is 47.1 Å². The third-order valence-electron chi connectivity index (χ3n) is 2.73. The molecule has 0 spiro atoms. The van der Waals surface area contributed by atoms with Crippen LogP contribution in [0.2, 0.25) is 0 Å². The molecule has 3 rings (SSSR count). The molecule has 2 aromatic heterocycles. The first-order valence-electron chi connectivity index (χ1n) is 6.11. The molecule has 2 heterocycles. The summed E-state index contributed by atoms with van der Waals surface area (Å²) in [5.74, 6) is 1.96. The number of ether oxygens (including phenoxy) is 1. The van der Waals surface area contributed by atoms with Gasteiger partial charge in [0.05, 0.1) is 12.8 Å². The Kier molecular flexibility index (Phi) is 3.32. The molecule has 7 heteroatoms. The summed E-state index contributed by atoms with van der Waals surface area (Å²) in [4.78, 5) is 0. The quantitative estimate of drug-likeness (QED) is 0.708. The molecule has 0 aliphatic heterocycles. The van der Waals surface area contributed by atoms with E-state index in [1.54, 1.807) is 29.1 Å². The van der Waals surface area contributed by atoms with E-state index in [0.29, 0.717) is 30.4 Å². The molecule has 2 N–H and O–H groups in total. The van der Waals surface area contributed by atoms with Crippen molar-refractivity contribution >= 4 is 5.69 Å². The summed E-state index contributed by atoms with van der Waals surface area (Å²) in [6.07, 6.45) is 1.58. The number of nitrogens with zero attached hydrogens (tertiary/aromatic N) is 4. The van der Waals surface area contributed by atoms with E-state index < -0.39 is 0 Å². The molecule has 0 aliphatic carbocycles. The highest BCUT2D eigenvalue weighted by atomic mass is 16.5. The number of anilines is 1. The van der Waals surface area contributed by atoms with Gasteiger partial charge in [0.1, 0.15) is 12.4 Å². The molecule has 0 atom stereocenters. The lowest BCUT2D eigenvalue weighted by atomic mass is 10.3. The minimum absolute atomic E-state index is 0.447. The van der Waals surface area contributed by atoms with E-state index in [-0.39, 0.29) is 0 Å². The molecule has 0 fully saturated rings. The van der Waals surface area contributed by atoms with Crippen LogP contribution in [0.1, 0.15) is 0 Å². The van der Waals surface area contributed by atoms with Crippen LogP contribution >= 0.6 is 0 Å². The molecular formula is C13H13N5O2. The number of nitrogens with two attached hydrogens (primary N) is 1. The maximum absolute atomic E-state index is 5.61. The fraction of sp³-hybridized carbons (Fsp3) is 0.154. The summed E-state index contributed by atoms with van der Waals surface area (Å²) in [5.41, 5.74) is 6.32. The van der Waals surface area contributed by atoms with E-state index in [4.69, 9.17) is 14.9 Å². The van der Waals surface area contributed by atoms with Crippen LogP contribution in [0.25, 0.3) is 11.6 Å². The minimum Gasteiger partial charge on any atom is -0.492 e. The van der Waals surface area contributed by atoms with Crippen molar-refractivity contribution in [3.8, 4) is 17.3 Å². The van der Waals surface area contributed by atoms with Gasteiger partial charge in [0.15, 0.2) is 5.76 Å². The molecule has 102 valence electrons. The van der Waals surface area contributed by atoms with Crippen molar-refractivity contribution in [2.24, 2.45) is 0 Å². The lowest BCUT2D eigenvalue weighted by Crippen LogP contribution is -2.10. The Morgan fingerprint density at radius 3 is 2.80 bits per heavy atom. The zero-order valence-corrected chi connectivity index (χ0v) is 10.6. The summed E-state index contributed by atoms with van der Waals surface area (Å²) < 4.78 is 12.5. The number of rotatable bonds is 5. The number of benzene rings is 1. The highest BCUT2D eigenvalue weighted by Crippen LogP contribution is 2.16. The molecule has 20 heavy (non-hydrogen) atoms. The Morgan fingerprint density at radius 1 is 1.20 bits per heavy atom. The minimum atomic E-state index is 0.447. The Labute approximate surface area is 115 Å². The highest BCUT2D eigenvalue weighted by molar-refractivity contribution is 5.45. The molecule has 0 saturated carbocycles. The summed E-state index contributed by atoms with van der Waals surface area (Å²) in [5, 5.41) is 11.5. The van der Waals surface area contributed by atoms with Gasteiger partial charge in [0.25, 0.3) is 0 Å². The normalized spacial score (nSPS) is 10.6. The molecule has 0 radical (unpaired) electrons. The van der Waals surface area contributed by atoms with E-state index in [2.05, 4.69) is 15.5 Å². The summed E-state index contributed by atoms with van der Waals surface area (Å²) in [6, 6.07) is 10.8. The second-order valence-electron chi connectivity index (χ2n) is 4.12. The van der Waals surface area contributed by atoms with Gasteiger partial charge in [-0.25, -0.2) is 4.68 Å². The summed E-state index contributed by atoms with van der Waals surface area (Å²) in [7, 11) is 0. The Morgan fingerprint density at radius 2 is 2.05 bits per heavy atom. The fourth-order valence-electron chi connectivity index (χ4n) is 1.75. The monoisotopic (exact) mass is 271 g/mol. The molecule has 3 aromatic rings. The molecule has 0 unspecified atom stereocenters. The Bertz CT molecular complexity index is 660. The van der Waals surface area contributed by atoms with E-state index in [1.807, 2.05) is 18.2 Å². The largest absolute Gasteiger partial charge is 0.492 e. The molecule has 0 bridgehead atoms. The third-order valence-corrected chi connectivity index (χ3v) is 2.73. The maximum atomic E-state index is 5.61. The van der Waals surface area contributed by atoms with Crippen LogP contribution in [0.4, 0.5) is 5.69 Å². The fourth-order valence-corrected chi connectivity index (χ4v) is 1.75. The average Bonchev–Trinajstić information content (AvgIpc) is 3.11. The predicted molar refractivity (Wildman–Crippen MR) is 71.9 cm³/mol. The number of furan rings is 1.